The van der Waals surface area contributed by atoms with Crippen molar-refractivity contribution in [2.45, 2.75) is 40.5 Å². The highest BCUT2D eigenvalue weighted by molar-refractivity contribution is 5.99. The first-order valence-electron chi connectivity index (χ1n) is 14.9. The Morgan fingerprint density at radius 3 is 2.32 bits per heavy atom. The van der Waals surface area contributed by atoms with E-state index in [0.717, 1.165) is 38.8 Å². The van der Waals surface area contributed by atoms with Crippen LogP contribution in [0.4, 0.5) is 10.1 Å². The summed E-state index contributed by atoms with van der Waals surface area (Å²) < 4.78 is 18.7. The maximum atomic E-state index is 13.2. The van der Waals surface area contributed by atoms with Crippen LogP contribution >= 0.6 is 0 Å². The van der Waals surface area contributed by atoms with Gasteiger partial charge in [-0.1, -0.05) is 26.5 Å². The topological polar surface area (TPSA) is 114 Å². The molecule has 5 heterocycles. The number of rotatable bonds is 4. The maximum Gasteiger partial charge on any atom is 0.282 e. The molecule has 44 heavy (non-hydrogen) atoms. The number of hydrogen-bond donors (Lipinski definition) is 1. The molecule has 0 radical (unpaired) electrons. The van der Waals surface area contributed by atoms with Crippen molar-refractivity contribution in [3.8, 4) is 23.1 Å². The molecule has 0 unspecified atom stereocenters. The van der Waals surface area contributed by atoms with E-state index in [2.05, 4.69) is 51.6 Å². The third kappa shape index (κ3) is 8.08. The molecule has 1 N–H and O–H groups in total. The number of H-pyrrole nitrogens is 1. The minimum Gasteiger partial charge on any atom is -0.481 e. The number of anilines is 1. The number of piperazine rings is 1. The molecule has 0 saturated carbocycles. The van der Waals surface area contributed by atoms with Crippen LogP contribution in [0.1, 0.15) is 39.2 Å². The number of ether oxygens (including phenoxy) is 1. The average Bonchev–Trinajstić information content (AvgIpc) is 3.73. The van der Waals surface area contributed by atoms with Crippen LogP contribution in [0.3, 0.4) is 0 Å². The third-order valence-corrected chi connectivity index (χ3v) is 7.40. The number of aromatic amines is 1. The molecule has 0 bridgehead atoms. The van der Waals surface area contributed by atoms with E-state index in [1.54, 1.807) is 13.2 Å². The molecule has 2 saturated heterocycles. The van der Waals surface area contributed by atoms with Crippen molar-refractivity contribution in [2.24, 2.45) is 0 Å². The number of hydrogen-bond acceptors (Lipinski definition) is 8. The van der Waals surface area contributed by atoms with Crippen molar-refractivity contribution in [2.75, 3.05) is 58.3 Å². The van der Waals surface area contributed by atoms with Gasteiger partial charge in [-0.25, -0.2) is 9.37 Å². The van der Waals surface area contributed by atoms with Crippen molar-refractivity contribution in [3.63, 3.8) is 0 Å². The number of nitrogens with zero attached hydrogens (tertiary/aromatic N) is 7. The van der Waals surface area contributed by atoms with E-state index in [1.165, 1.54) is 37.8 Å². The fraction of sp³-hybridized carbons (Fsp3) is 0.424. The summed E-state index contributed by atoms with van der Waals surface area (Å²) in [6, 6.07) is 9.67. The number of aryl methyl sites for hydroxylation is 1. The molecule has 2 aliphatic rings. The Kier molecular flexibility index (Phi) is 12.6. The predicted molar refractivity (Wildman–Crippen MR) is 174 cm³/mol. The Balaban J connectivity index is 0.000000413. The molecule has 1 amide bonds. The number of carbonyl (C=O) groups excluding carboxylic acids is 1. The first-order valence-corrected chi connectivity index (χ1v) is 14.9. The smallest absolute Gasteiger partial charge is 0.282 e. The molecule has 6 rings (SSSR count). The number of benzene rings is 1. The van der Waals surface area contributed by atoms with Crippen LogP contribution in [0.15, 0.2) is 49.1 Å². The van der Waals surface area contributed by atoms with E-state index in [-0.39, 0.29) is 0 Å². The Labute approximate surface area is 259 Å². The normalized spacial score (nSPS) is 14.4. The molecular weight excluding hydrogens is 559 g/mol. The highest BCUT2D eigenvalue weighted by Crippen LogP contribution is 2.35. The SMILES string of the molecule is C=C(F)C(=O)N1CCN(c2cc(OC)nc3cc(-c4c(C)ccc5[nH]ncc45)cnc23)CC1.CC.CC#N.CN1CCCC1. The van der Waals surface area contributed by atoms with Gasteiger partial charge < -0.3 is 19.4 Å². The summed E-state index contributed by atoms with van der Waals surface area (Å²) in [5.74, 6) is -1.11. The zero-order valence-electron chi connectivity index (χ0n) is 26.7. The lowest BCUT2D eigenvalue weighted by atomic mass is 9.98. The van der Waals surface area contributed by atoms with Crippen LogP contribution in [0.2, 0.25) is 0 Å². The molecule has 3 aromatic heterocycles. The number of methoxy groups -OCH3 is 1. The third-order valence-electron chi connectivity index (χ3n) is 7.40. The van der Waals surface area contributed by atoms with Crippen LogP contribution < -0.4 is 9.64 Å². The lowest BCUT2D eigenvalue weighted by Crippen LogP contribution is -2.49. The number of nitrogens with one attached hydrogen (secondary N) is 1. The summed E-state index contributed by atoms with van der Waals surface area (Å²) in [5, 5.41) is 15.5. The monoisotopic (exact) mass is 602 g/mol. The van der Waals surface area contributed by atoms with Crippen molar-refractivity contribution >= 4 is 33.5 Å². The summed E-state index contributed by atoms with van der Waals surface area (Å²) in [4.78, 5) is 27.3. The lowest BCUT2D eigenvalue weighted by molar-refractivity contribution is -0.128. The second kappa shape index (κ2) is 16.3. The second-order valence-electron chi connectivity index (χ2n) is 10.3. The number of pyridine rings is 2. The summed E-state index contributed by atoms with van der Waals surface area (Å²) in [7, 11) is 3.75. The molecule has 0 atom stereocenters. The van der Waals surface area contributed by atoms with Gasteiger partial charge in [0.15, 0.2) is 5.83 Å². The summed E-state index contributed by atoms with van der Waals surface area (Å²) >= 11 is 0. The second-order valence-corrected chi connectivity index (χ2v) is 10.3. The molecule has 10 nitrogen and oxygen atoms in total. The van der Waals surface area contributed by atoms with Crippen molar-refractivity contribution in [3.05, 3.63) is 54.6 Å². The molecule has 0 aliphatic carbocycles. The fourth-order valence-corrected chi connectivity index (χ4v) is 5.26. The standard InChI is InChI=1S/C24H23FN6O2.C5H11N.C2H3N.C2H6/c1-14-4-5-18-17(13-27-29-18)22(14)16-10-19-23(26-12-16)20(11-21(28-19)33-3)30-6-8-31(9-7-30)24(32)15(2)25;1-6-4-2-3-5-6;1-2-3;1-2/h4-5,10-13H,2,6-9H2,1,3H3,(H,27,29);2-5H2,1H3;1H3;1-2H3. The van der Waals surface area contributed by atoms with Crippen molar-refractivity contribution in [1.29, 1.82) is 5.26 Å². The minimum atomic E-state index is -0.934. The van der Waals surface area contributed by atoms with E-state index in [9.17, 15) is 9.18 Å². The number of carbonyl (C=O) groups is 1. The van der Waals surface area contributed by atoms with E-state index in [1.807, 2.05) is 44.4 Å². The van der Waals surface area contributed by atoms with Gasteiger partial charge in [0.05, 0.1) is 36.1 Å². The van der Waals surface area contributed by atoms with Crippen LogP contribution in [0, 0.1) is 18.3 Å². The number of aromatic nitrogens is 4. The number of likely N-dealkylation sites (tertiary alicyclic amines) is 1. The number of fused-ring (bicyclic) bond motifs is 2. The molecule has 2 fully saturated rings. The summed E-state index contributed by atoms with van der Waals surface area (Å²) in [6.07, 6.45) is 6.49. The Morgan fingerprint density at radius 1 is 1.09 bits per heavy atom. The van der Waals surface area contributed by atoms with Crippen LogP contribution in [-0.4, -0.2) is 89.3 Å². The van der Waals surface area contributed by atoms with E-state index < -0.39 is 11.7 Å². The quantitative estimate of drug-likeness (QED) is 0.288. The molecule has 0 spiro atoms. The zero-order chi connectivity index (χ0) is 32.2. The van der Waals surface area contributed by atoms with Gasteiger partial charge in [-0.3, -0.25) is 14.9 Å². The maximum absolute atomic E-state index is 13.2. The summed E-state index contributed by atoms with van der Waals surface area (Å²) in [5.41, 5.74) is 6.38. The van der Waals surface area contributed by atoms with Gasteiger partial charge in [-0.15, -0.1) is 0 Å². The highest BCUT2D eigenvalue weighted by atomic mass is 19.1. The van der Waals surface area contributed by atoms with Gasteiger partial charge in [0, 0.05) is 56.3 Å². The minimum absolute atomic E-state index is 0.396. The van der Waals surface area contributed by atoms with Gasteiger partial charge in [0.2, 0.25) is 5.88 Å². The number of nitriles is 1. The molecule has 1 aromatic carbocycles. The predicted octanol–water partition coefficient (Wildman–Crippen LogP) is 5.89. The zero-order valence-corrected chi connectivity index (χ0v) is 26.7. The lowest BCUT2D eigenvalue weighted by Gasteiger charge is -2.36. The Hall–Kier alpha value is -4.56. The van der Waals surface area contributed by atoms with E-state index >= 15 is 0 Å². The van der Waals surface area contributed by atoms with Crippen LogP contribution in [-0.2, 0) is 4.79 Å². The Bertz CT molecular complexity index is 1600. The summed E-state index contributed by atoms with van der Waals surface area (Å²) in [6.45, 7) is 15.1. The first-order chi connectivity index (χ1) is 21.3. The molecule has 11 heteroatoms. The fourth-order valence-electron chi connectivity index (χ4n) is 5.26. The van der Waals surface area contributed by atoms with Crippen molar-refractivity contribution in [1.82, 2.24) is 30.0 Å². The van der Waals surface area contributed by atoms with Gasteiger partial charge in [0.1, 0.15) is 5.52 Å². The average molecular weight is 603 g/mol. The first kappa shape index (κ1) is 33.9. The van der Waals surface area contributed by atoms with Crippen molar-refractivity contribution < 1.29 is 13.9 Å². The van der Waals surface area contributed by atoms with Gasteiger partial charge >= 0.3 is 0 Å². The van der Waals surface area contributed by atoms with Gasteiger partial charge in [-0.05, 0) is 63.2 Å². The molecule has 2 aliphatic heterocycles. The molecule has 4 aromatic rings. The van der Waals surface area contributed by atoms with Crippen LogP contribution in [0.25, 0.3) is 33.1 Å². The number of halogens is 1. The largest absolute Gasteiger partial charge is 0.481 e. The van der Waals surface area contributed by atoms with Gasteiger partial charge in [0.25, 0.3) is 5.91 Å². The Morgan fingerprint density at radius 2 is 1.75 bits per heavy atom. The van der Waals surface area contributed by atoms with Gasteiger partial charge in [-0.2, -0.15) is 10.4 Å². The molecule has 234 valence electrons. The van der Waals surface area contributed by atoms with E-state index in [4.69, 9.17) is 15.0 Å². The van der Waals surface area contributed by atoms with Crippen LogP contribution in [0.5, 0.6) is 5.88 Å². The molecular formula is C33H43FN8O2. The highest BCUT2D eigenvalue weighted by Gasteiger charge is 2.25. The number of amides is 1. The van der Waals surface area contributed by atoms with E-state index in [0.29, 0.717) is 37.6 Å².